The molecule has 23 heavy (non-hydrogen) atoms. The van der Waals surface area contributed by atoms with E-state index in [0.29, 0.717) is 12.0 Å². The second kappa shape index (κ2) is 8.16. The van der Waals surface area contributed by atoms with E-state index in [1.807, 2.05) is 0 Å². The van der Waals surface area contributed by atoms with Crippen molar-refractivity contribution in [3.05, 3.63) is 65.7 Å². The Morgan fingerprint density at radius 1 is 0.957 bits per heavy atom. The summed E-state index contributed by atoms with van der Waals surface area (Å²) in [4.78, 5) is 0. The second-order valence-corrected chi connectivity index (χ2v) is 6.46. The first kappa shape index (κ1) is 16.1. The predicted octanol–water partition coefficient (Wildman–Crippen LogP) is 4.55. The van der Waals surface area contributed by atoms with E-state index in [-0.39, 0.29) is 0 Å². The summed E-state index contributed by atoms with van der Waals surface area (Å²) in [5.41, 5.74) is 2.86. The molecule has 0 radical (unpaired) electrons. The molecule has 1 aliphatic carbocycles. The molecule has 0 spiro atoms. The zero-order valence-corrected chi connectivity index (χ0v) is 14.0. The molecular formula is C21H27NO. The van der Waals surface area contributed by atoms with Gasteiger partial charge in [-0.25, -0.2) is 0 Å². The topological polar surface area (TPSA) is 21.3 Å². The van der Waals surface area contributed by atoms with Gasteiger partial charge in [-0.05, 0) is 55.0 Å². The molecule has 2 heteroatoms. The molecule has 0 aromatic heterocycles. The van der Waals surface area contributed by atoms with Crippen molar-refractivity contribution in [2.45, 2.75) is 44.1 Å². The highest BCUT2D eigenvalue weighted by Gasteiger charge is 2.25. The molecule has 0 heterocycles. The number of methoxy groups -OCH3 is 1. The molecule has 122 valence electrons. The minimum absolute atomic E-state index is 0.598. The molecule has 2 unspecified atom stereocenters. The van der Waals surface area contributed by atoms with E-state index in [1.54, 1.807) is 7.11 Å². The lowest BCUT2D eigenvalue weighted by Gasteiger charge is -2.33. The standard InChI is InChI=1S/C21H27NO/c1-23-19-13-11-18(12-14-19)20-9-5-6-10-21(20)22-16-15-17-7-3-2-4-8-17/h2-4,7-8,11-14,20-22H,5-6,9-10,15-16H2,1H3. The fraction of sp³-hybridized carbons (Fsp3) is 0.429. The Hall–Kier alpha value is -1.80. The molecule has 3 rings (SSSR count). The highest BCUT2D eigenvalue weighted by molar-refractivity contribution is 5.30. The molecule has 2 aromatic rings. The van der Waals surface area contributed by atoms with Crippen LogP contribution in [0.5, 0.6) is 5.75 Å². The maximum Gasteiger partial charge on any atom is 0.118 e. The quantitative estimate of drug-likeness (QED) is 0.845. The van der Waals surface area contributed by atoms with Crippen LogP contribution in [0, 0.1) is 0 Å². The molecule has 2 atom stereocenters. The van der Waals surface area contributed by atoms with Gasteiger partial charge in [-0.15, -0.1) is 0 Å². The largest absolute Gasteiger partial charge is 0.497 e. The normalized spacial score (nSPS) is 21.1. The van der Waals surface area contributed by atoms with E-state index in [4.69, 9.17) is 4.74 Å². The van der Waals surface area contributed by atoms with Crippen molar-refractivity contribution in [1.29, 1.82) is 0 Å². The maximum atomic E-state index is 5.28. The van der Waals surface area contributed by atoms with Crippen LogP contribution in [-0.2, 0) is 6.42 Å². The summed E-state index contributed by atoms with van der Waals surface area (Å²) >= 11 is 0. The summed E-state index contributed by atoms with van der Waals surface area (Å²) < 4.78 is 5.28. The molecule has 0 amide bonds. The minimum Gasteiger partial charge on any atom is -0.497 e. The second-order valence-electron chi connectivity index (χ2n) is 6.46. The number of hydrogen-bond acceptors (Lipinski definition) is 2. The summed E-state index contributed by atoms with van der Waals surface area (Å²) in [5, 5.41) is 3.82. The van der Waals surface area contributed by atoms with Gasteiger partial charge in [0.15, 0.2) is 0 Å². The number of rotatable bonds is 6. The van der Waals surface area contributed by atoms with Gasteiger partial charge < -0.3 is 10.1 Å². The summed E-state index contributed by atoms with van der Waals surface area (Å²) in [7, 11) is 1.73. The van der Waals surface area contributed by atoms with Crippen molar-refractivity contribution in [1.82, 2.24) is 5.32 Å². The van der Waals surface area contributed by atoms with Gasteiger partial charge in [0.05, 0.1) is 7.11 Å². The lowest BCUT2D eigenvalue weighted by molar-refractivity contribution is 0.329. The predicted molar refractivity (Wildman–Crippen MR) is 96.1 cm³/mol. The molecule has 2 aromatic carbocycles. The Morgan fingerprint density at radius 3 is 2.43 bits per heavy atom. The van der Waals surface area contributed by atoms with Gasteiger partial charge in [-0.3, -0.25) is 0 Å². The van der Waals surface area contributed by atoms with Gasteiger partial charge >= 0.3 is 0 Å². The fourth-order valence-electron chi connectivity index (χ4n) is 3.67. The van der Waals surface area contributed by atoms with Crippen LogP contribution in [0.3, 0.4) is 0 Å². The van der Waals surface area contributed by atoms with E-state index in [2.05, 4.69) is 59.9 Å². The van der Waals surface area contributed by atoms with Crippen LogP contribution in [0.1, 0.15) is 42.7 Å². The first-order valence-corrected chi connectivity index (χ1v) is 8.78. The summed E-state index contributed by atoms with van der Waals surface area (Å²) in [6.07, 6.45) is 6.36. The molecule has 2 nitrogen and oxygen atoms in total. The third kappa shape index (κ3) is 4.35. The van der Waals surface area contributed by atoms with Crippen LogP contribution in [0.25, 0.3) is 0 Å². The average Bonchev–Trinajstić information content (AvgIpc) is 2.63. The van der Waals surface area contributed by atoms with Crippen LogP contribution >= 0.6 is 0 Å². The monoisotopic (exact) mass is 309 g/mol. The van der Waals surface area contributed by atoms with Crippen LogP contribution < -0.4 is 10.1 Å². The maximum absolute atomic E-state index is 5.28. The molecule has 1 saturated carbocycles. The van der Waals surface area contributed by atoms with E-state index in [9.17, 15) is 0 Å². The fourth-order valence-corrected chi connectivity index (χ4v) is 3.67. The Bertz CT molecular complexity index is 579. The van der Waals surface area contributed by atoms with Crippen molar-refractivity contribution in [3.8, 4) is 5.75 Å². The zero-order valence-electron chi connectivity index (χ0n) is 14.0. The Kier molecular flexibility index (Phi) is 5.71. The van der Waals surface area contributed by atoms with Gasteiger partial charge in [0.25, 0.3) is 0 Å². The summed E-state index contributed by atoms with van der Waals surface area (Å²) in [6, 6.07) is 20.0. The summed E-state index contributed by atoms with van der Waals surface area (Å²) in [5.74, 6) is 1.57. The first-order chi connectivity index (χ1) is 11.4. The highest BCUT2D eigenvalue weighted by atomic mass is 16.5. The van der Waals surface area contributed by atoms with Gasteiger partial charge in [-0.2, -0.15) is 0 Å². The number of benzene rings is 2. The molecule has 1 fully saturated rings. The smallest absolute Gasteiger partial charge is 0.118 e. The molecular weight excluding hydrogens is 282 g/mol. The van der Waals surface area contributed by atoms with Crippen molar-refractivity contribution in [3.63, 3.8) is 0 Å². The van der Waals surface area contributed by atoms with E-state index >= 15 is 0 Å². The average molecular weight is 309 g/mol. The third-order valence-electron chi connectivity index (χ3n) is 4.97. The van der Waals surface area contributed by atoms with Gasteiger partial charge in [-0.1, -0.05) is 55.3 Å². The Labute approximate surface area is 139 Å². The van der Waals surface area contributed by atoms with E-state index in [0.717, 1.165) is 18.7 Å². The molecule has 1 aliphatic rings. The number of ether oxygens (including phenoxy) is 1. The lowest BCUT2D eigenvalue weighted by atomic mass is 9.80. The van der Waals surface area contributed by atoms with Crippen molar-refractivity contribution < 1.29 is 4.74 Å². The van der Waals surface area contributed by atoms with E-state index < -0.39 is 0 Å². The van der Waals surface area contributed by atoms with Crippen LogP contribution in [0.2, 0.25) is 0 Å². The van der Waals surface area contributed by atoms with Crippen LogP contribution in [0.4, 0.5) is 0 Å². The number of hydrogen-bond donors (Lipinski definition) is 1. The Morgan fingerprint density at radius 2 is 1.70 bits per heavy atom. The van der Waals surface area contributed by atoms with E-state index in [1.165, 1.54) is 36.8 Å². The SMILES string of the molecule is COc1ccc(C2CCCCC2NCCc2ccccc2)cc1. The molecule has 0 saturated heterocycles. The number of nitrogens with one attached hydrogen (secondary N) is 1. The lowest BCUT2D eigenvalue weighted by Crippen LogP contribution is -2.38. The van der Waals surface area contributed by atoms with Crippen molar-refractivity contribution in [2.75, 3.05) is 13.7 Å². The first-order valence-electron chi connectivity index (χ1n) is 8.78. The van der Waals surface area contributed by atoms with Gasteiger partial charge in [0.2, 0.25) is 0 Å². The van der Waals surface area contributed by atoms with Crippen LogP contribution in [0.15, 0.2) is 54.6 Å². The molecule has 1 N–H and O–H groups in total. The Balaban J connectivity index is 1.59. The zero-order chi connectivity index (χ0) is 15.9. The molecule has 0 bridgehead atoms. The third-order valence-corrected chi connectivity index (χ3v) is 4.97. The minimum atomic E-state index is 0.598. The highest BCUT2D eigenvalue weighted by Crippen LogP contribution is 2.33. The van der Waals surface area contributed by atoms with Gasteiger partial charge in [0, 0.05) is 6.04 Å². The van der Waals surface area contributed by atoms with Crippen molar-refractivity contribution >= 4 is 0 Å². The van der Waals surface area contributed by atoms with Crippen LogP contribution in [-0.4, -0.2) is 19.7 Å². The van der Waals surface area contributed by atoms with Crippen molar-refractivity contribution in [2.24, 2.45) is 0 Å². The molecule has 0 aliphatic heterocycles. The summed E-state index contributed by atoms with van der Waals surface area (Å²) in [6.45, 7) is 1.06. The van der Waals surface area contributed by atoms with Gasteiger partial charge in [0.1, 0.15) is 5.75 Å².